The van der Waals surface area contributed by atoms with Crippen molar-refractivity contribution in [3.8, 4) is 6.07 Å². The number of rotatable bonds is 3. The predicted molar refractivity (Wildman–Crippen MR) is 71.3 cm³/mol. The Morgan fingerprint density at radius 2 is 2.26 bits per heavy atom. The third-order valence-corrected chi connectivity index (χ3v) is 3.48. The highest BCUT2D eigenvalue weighted by atomic mass is 32.2. The lowest BCUT2D eigenvalue weighted by molar-refractivity contribution is 0.0838. The zero-order valence-electron chi connectivity index (χ0n) is 10.3. The standard InChI is InChI=1S/C13H12N2O3S/c1-9-12(18-13(16)17-8-4-7-14)19-11-6-3-2-5-10(11)15-9/h2-3,5-6,15H,4,8H2,1H3. The number of carbonyl (C=O) groups excluding carboxylic acids is 1. The first-order valence-corrected chi connectivity index (χ1v) is 6.48. The smallest absolute Gasteiger partial charge is 0.433 e. The Morgan fingerprint density at radius 3 is 3.05 bits per heavy atom. The van der Waals surface area contributed by atoms with Crippen molar-refractivity contribution in [2.24, 2.45) is 0 Å². The van der Waals surface area contributed by atoms with E-state index in [0.717, 1.165) is 16.3 Å². The molecule has 1 aliphatic rings. The summed E-state index contributed by atoms with van der Waals surface area (Å²) < 4.78 is 9.88. The number of nitrogens with one attached hydrogen (secondary N) is 1. The highest BCUT2D eigenvalue weighted by Gasteiger charge is 2.19. The normalized spacial score (nSPS) is 13.1. The van der Waals surface area contributed by atoms with E-state index >= 15 is 0 Å². The molecule has 0 spiro atoms. The molecule has 0 saturated carbocycles. The maximum absolute atomic E-state index is 11.4. The summed E-state index contributed by atoms with van der Waals surface area (Å²) in [4.78, 5) is 12.4. The van der Waals surface area contributed by atoms with Crippen molar-refractivity contribution in [2.45, 2.75) is 18.2 Å². The van der Waals surface area contributed by atoms with Crippen molar-refractivity contribution in [2.75, 3.05) is 11.9 Å². The molecule has 6 heteroatoms. The molecule has 98 valence electrons. The fraction of sp³-hybridized carbons (Fsp3) is 0.231. The molecule has 0 aromatic heterocycles. The van der Waals surface area contributed by atoms with Gasteiger partial charge < -0.3 is 14.8 Å². The minimum absolute atomic E-state index is 0.0380. The van der Waals surface area contributed by atoms with Gasteiger partial charge in [0.1, 0.15) is 6.61 Å². The Morgan fingerprint density at radius 1 is 1.47 bits per heavy atom. The van der Waals surface area contributed by atoms with Gasteiger partial charge in [0.05, 0.1) is 23.9 Å². The van der Waals surface area contributed by atoms with E-state index < -0.39 is 6.16 Å². The zero-order chi connectivity index (χ0) is 13.7. The maximum Gasteiger partial charge on any atom is 0.514 e. The molecule has 1 heterocycles. The molecule has 0 aliphatic carbocycles. The van der Waals surface area contributed by atoms with E-state index in [1.165, 1.54) is 11.8 Å². The lowest BCUT2D eigenvalue weighted by atomic mass is 10.3. The Labute approximate surface area is 115 Å². The summed E-state index contributed by atoms with van der Waals surface area (Å²) in [7, 11) is 0. The molecule has 1 N–H and O–H groups in total. The van der Waals surface area contributed by atoms with Crippen LogP contribution in [-0.4, -0.2) is 12.8 Å². The zero-order valence-corrected chi connectivity index (χ0v) is 11.1. The summed E-state index contributed by atoms with van der Waals surface area (Å²) >= 11 is 1.36. The molecule has 1 aliphatic heterocycles. The van der Waals surface area contributed by atoms with Gasteiger partial charge in [-0.3, -0.25) is 0 Å². The van der Waals surface area contributed by atoms with Crippen LogP contribution < -0.4 is 5.32 Å². The number of hydrogen-bond donors (Lipinski definition) is 1. The largest absolute Gasteiger partial charge is 0.514 e. The van der Waals surface area contributed by atoms with Crippen LogP contribution in [-0.2, 0) is 9.47 Å². The van der Waals surface area contributed by atoms with Crippen molar-refractivity contribution in [1.82, 2.24) is 0 Å². The van der Waals surface area contributed by atoms with Crippen LogP contribution in [0.15, 0.2) is 39.9 Å². The Hall–Kier alpha value is -2.13. The van der Waals surface area contributed by atoms with Crippen molar-refractivity contribution >= 4 is 23.6 Å². The number of hydrogen-bond acceptors (Lipinski definition) is 6. The molecule has 0 bridgehead atoms. The van der Waals surface area contributed by atoms with Crippen LogP contribution in [0.4, 0.5) is 10.5 Å². The van der Waals surface area contributed by atoms with Gasteiger partial charge in [-0.05, 0) is 30.8 Å². The van der Waals surface area contributed by atoms with Crippen LogP contribution in [0, 0.1) is 11.3 Å². The van der Waals surface area contributed by atoms with Gasteiger partial charge in [-0.25, -0.2) is 4.79 Å². The molecular formula is C13H12N2O3S. The van der Waals surface area contributed by atoms with E-state index in [1.54, 1.807) is 0 Å². The second-order valence-electron chi connectivity index (χ2n) is 3.74. The summed E-state index contributed by atoms with van der Waals surface area (Å²) in [6.45, 7) is 1.86. The van der Waals surface area contributed by atoms with Crippen LogP contribution in [0.1, 0.15) is 13.3 Å². The van der Waals surface area contributed by atoms with E-state index in [-0.39, 0.29) is 13.0 Å². The summed E-state index contributed by atoms with van der Waals surface area (Å²) in [5.74, 6) is 0. The van der Waals surface area contributed by atoms with E-state index in [4.69, 9.17) is 14.7 Å². The topological polar surface area (TPSA) is 71.3 Å². The summed E-state index contributed by atoms with van der Waals surface area (Å²) in [6, 6.07) is 9.62. The molecule has 0 radical (unpaired) electrons. The summed E-state index contributed by atoms with van der Waals surface area (Å²) in [5.41, 5.74) is 1.73. The third-order valence-electron chi connectivity index (χ3n) is 2.33. The first kappa shape index (κ1) is 13.3. The fourth-order valence-corrected chi connectivity index (χ4v) is 2.36. The average Bonchev–Trinajstić information content (AvgIpc) is 2.40. The lowest BCUT2D eigenvalue weighted by Crippen LogP contribution is -2.12. The molecule has 1 aromatic rings. The molecule has 0 amide bonds. The van der Waals surface area contributed by atoms with Gasteiger partial charge in [0.15, 0.2) is 5.09 Å². The van der Waals surface area contributed by atoms with Crippen LogP contribution in [0.2, 0.25) is 0 Å². The van der Waals surface area contributed by atoms with Gasteiger partial charge in [-0.15, -0.1) is 0 Å². The van der Waals surface area contributed by atoms with Gasteiger partial charge in [-0.1, -0.05) is 12.1 Å². The number of thioether (sulfide) groups is 1. The molecule has 0 atom stereocenters. The second-order valence-corrected chi connectivity index (χ2v) is 4.76. The van der Waals surface area contributed by atoms with E-state index in [2.05, 4.69) is 5.32 Å². The number of fused-ring (bicyclic) bond motifs is 1. The molecular weight excluding hydrogens is 264 g/mol. The number of carbonyl (C=O) groups is 1. The maximum atomic E-state index is 11.4. The lowest BCUT2D eigenvalue weighted by Gasteiger charge is -2.20. The minimum Gasteiger partial charge on any atom is -0.433 e. The predicted octanol–water partition coefficient (Wildman–Crippen LogP) is 3.46. The molecule has 0 fully saturated rings. The second kappa shape index (κ2) is 6.16. The number of benzene rings is 1. The SMILES string of the molecule is CC1=C(OC(=O)OCCC#N)Sc2ccccc2N1. The minimum atomic E-state index is -0.793. The van der Waals surface area contributed by atoms with E-state index in [0.29, 0.717) is 5.09 Å². The van der Waals surface area contributed by atoms with Crippen molar-refractivity contribution < 1.29 is 14.3 Å². The molecule has 0 unspecified atom stereocenters. The summed E-state index contributed by atoms with van der Waals surface area (Å²) in [5, 5.41) is 12.0. The Kier molecular flexibility index (Phi) is 4.31. The third kappa shape index (κ3) is 3.42. The van der Waals surface area contributed by atoms with Crippen molar-refractivity contribution in [1.29, 1.82) is 5.26 Å². The van der Waals surface area contributed by atoms with Crippen molar-refractivity contribution in [3.05, 3.63) is 35.1 Å². The fourth-order valence-electron chi connectivity index (χ4n) is 1.47. The van der Waals surface area contributed by atoms with Gasteiger partial charge in [0.2, 0.25) is 0 Å². The Bertz CT molecular complexity index is 563. The van der Waals surface area contributed by atoms with Gasteiger partial charge in [-0.2, -0.15) is 5.26 Å². The highest BCUT2D eigenvalue weighted by Crippen LogP contribution is 2.39. The quantitative estimate of drug-likeness (QED) is 0.673. The first-order chi connectivity index (χ1) is 9.20. The van der Waals surface area contributed by atoms with Crippen LogP contribution in [0.5, 0.6) is 0 Å². The van der Waals surface area contributed by atoms with Crippen LogP contribution in [0.25, 0.3) is 0 Å². The molecule has 5 nitrogen and oxygen atoms in total. The van der Waals surface area contributed by atoms with Gasteiger partial charge in [0, 0.05) is 4.90 Å². The van der Waals surface area contributed by atoms with Crippen LogP contribution >= 0.6 is 11.8 Å². The molecule has 0 saturated heterocycles. The number of allylic oxidation sites excluding steroid dienone is 1. The number of nitrogens with zero attached hydrogens (tertiary/aromatic N) is 1. The van der Waals surface area contributed by atoms with Crippen molar-refractivity contribution in [3.63, 3.8) is 0 Å². The Balaban J connectivity index is 1.98. The van der Waals surface area contributed by atoms with Gasteiger partial charge in [0.25, 0.3) is 0 Å². The number of nitriles is 1. The van der Waals surface area contributed by atoms with Gasteiger partial charge >= 0.3 is 6.16 Å². The highest BCUT2D eigenvalue weighted by molar-refractivity contribution is 8.03. The summed E-state index contributed by atoms with van der Waals surface area (Å²) in [6.07, 6.45) is -0.639. The average molecular weight is 276 g/mol. The molecule has 19 heavy (non-hydrogen) atoms. The van der Waals surface area contributed by atoms with E-state index in [1.807, 2.05) is 37.3 Å². The van der Waals surface area contributed by atoms with E-state index in [9.17, 15) is 4.79 Å². The molecule has 2 rings (SSSR count). The number of ether oxygens (including phenoxy) is 2. The molecule has 1 aromatic carbocycles. The monoisotopic (exact) mass is 276 g/mol. The number of anilines is 1. The first-order valence-electron chi connectivity index (χ1n) is 5.67. The number of para-hydroxylation sites is 1. The van der Waals surface area contributed by atoms with Crippen LogP contribution in [0.3, 0.4) is 0 Å².